The van der Waals surface area contributed by atoms with Gasteiger partial charge in [0.2, 0.25) is 5.91 Å². The van der Waals surface area contributed by atoms with Crippen LogP contribution < -0.4 is 5.32 Å². The Bertz CT molecular complexity index is 999. The molecule has 0 saturated carbocycles. The Labute approximate surface area is 162 Å². The number of nitrogens with one attached hydrogen (secondary N) is 1. The molecule has 2 aromatic carbocycles. The largest absolute Gasteiger partial charge is 0.309 e. The van der Waals surface area contributed by atoms with E-state index in [0.29, 0.717) is 29.2 Å². The second-order valence-electron chi connectivity index (χ2n) is 6.54. The standard InChI is InChI=1S/C22H19F2N3O/c1-14(2)11-19-22(27-21(28)12-15-3-7-17(23)8-4-15)25-13-20(26-19)16-5-9-18(24)10-6-16/h3-10,13H,1,11-12H2,2H3,(H,25,27,28). The first kappa shape index (κ1) is 19.4. The zero-order valence-corrected chi connectivity index (χ0v) is 15.4. The van der Waals surface area contributed by atoms with Crippen molar-refractivity contribution in [2.75, 3.05) is 5.32 Å². The number of allylic oxidation sites excluding steroid dienone is 1. The number of hydrogen-bond acceptors (Lipinski definition) is 3. The summed E-state index contributed by atoms with van der Waals surface area (Å²) in [5.74, 6) is -0.613. The smallest absolute Gasteiger partial charge is 0.229 e. The summed E-state index contributed by atoms with van der Waals surface area (Å²) in [6.45, 7) is 5.75. The number of benzene rings is 2. The highest BCUT2D eigenvalue weighted by molar-refractivity contribution is 5.92. The highest BCUT2D eigenvalue weighted by Gasteiger charge is 2.13. The van der Waals surface area contributed by atoms with E-state index in [9.17, 15) is 13.6 Å². The van der Waals surface area contributed by atoms with Crippen molar-refractivity contribution in [1.29, 1.82) is 0 Å². The van der Waals surface area contributed by atoms with Crippen molar-refractivity contribution in [2.45, 2.75) is 19.8 Å². The molecule has 3 rings (SSSR count). The molecule has 6 heteroatoms. The van der Waals surface area contributed by atoms with Gasteiger partial charge in [0.1, 0.15) is 11.6 Å². The molecule has 0 unspecified atom stereocenters. The van der Waals surface area contributed by atoms with E-state index in [4.69, 9.17) is 0 Å². The molecule has 0 aliphatic heterocycles. The van der Waals surface area contributed by atoms with Gasteiger partial charge in [-0.2, -0.15) is 0 Å². The molecule has 142 valence electrons. The summed E-state index contributed by atoms with van der Waals surface area (Å²) in [7, 11) is 0. The minimum Gasteiger partial charge on any atom is -0.309 e. The highest BCUT2D eigenvalue weighted by Crippen LogP contribution is 2.22. The molecule has 1 aromatic heterocycles. The number of hydrogen-bond donors (Lipinski definition) is 1. The molecular weight excluding hydrogens is 360 g/mol. The summed E-state index contributed by atoms with van der Waals surface area (Å²) in [4.78, 5) is 21.3. The van der Waals surface area contributed by atoms with Gasteiger partial charge in [-0.15, -0.1) is 0 Å². The molecule has 1 amide bonds. The molecule has 0 spiro atoms. The van der Waals surface area contributed by atoms with Crippen molar-refractivity contribution in [2.24, 2.45) is 0 Å². The maximum absolute atomic E-state index is 13.1. The number of halogens is 2. The second kappa shape index (κ2) is 8.52. The first-order valence-electron chi connectivity index (χ1n) is 8.71. The van der Waals surface area contributed by atoms with Gasteiger partial charge in [-0.1, -0.05) is 24.3 Å². The fourth-order valence-corrected chi connectivity index (χ4v) is 2.66. The molecule has 1 heterocycles. The van der Waals surface area contributed by atoms with Crippen LogP contribution in [0.4, 0.5) is 14.6 Å². The fourth-order valence-electron chi connectivity index (χ4n) is 2.66. The van der Waals surface area contributed by atoms with Crippen LogP contribution in [-0.2, 0) is 17.6 Å². The maximum atomic E-state index is 13.1. The lowest BCUT2D eigenvalue weighted by Crippen LogP contribution is -2.17. The fraction of sp³-hybridized carbons (Fsp3) is 0.136. The quantitative estimate of drug-likeness (QED) is 0.631. The minimum atomic E-state index is -0.352. The summed E-state index contributed by atoms with van der Waals surface area (Å²) >= 11 is 0. The predicted molar refractivity (Wildman–Crippen MR) is 105 cm³/mol. The monoisotopic (exact) mass is 379 g/mol. The number of carbonyl (C=O) groups is 1. The normalized spacial score (nSPS) is 10.5. The van der Waals surface area contributed by atoms with Gasteiger partial charge in [0, 0.05) is 12.0 Å². The van der Waals surface area contributed by atoms with Gasteiger partial charge in [-0.3, -0.25) is 4.79 Å². The van der Waals surface area contributed by atoms with E-state index < -0.39 is 0 Å². The third-order valence-electron chi connectivity index (χ3n) is 3.99. The zero-order valence-electron chi connectivity index (χ0n) is 15.4. The lowest BCUT2D eigenvalue weighted by Gasteiger charge is -2.12. The van der Waals surface area contributed by atoms with Crippen LogP contribution in [0.3, 0.4) is 0 Å². The van der Waals surface area contributed by atoms with Gasteiger partial charge in [0.25, 0.3) is 0 Å². The molecule has 28 heavy (non-hydrogen) atoms. The Hall–Kier alpha value is -3.41. The second-order valence-corrected chi connectivity index (χ2v) is 6.54. The first-order chi connectivity index (χ1) is 13.4. The van der Waals surface area contributed by atoms with Crippen molar-refractivity contribution in [1.82, 2.24) is 9.97 Å². The van der Waals surface area contributed by atoms with Gasteiger partial charge in [-0.05, 0) is 48.9 Å². The maximum Gasteiger partial charge on any atom is 0.229 e. The molecule has 0 aliphatic carbocycles. The molecule has 0 atom stereocenters. The van der Waals surface area contributed by atoms with E-state index in [0.717, 1.165) is 11.1 Å². The first-order valence-corrected chi connectivity index (χ1v) is 8.71. The Morgan fingerprint density at radius 1 is 1.00 bits per heavy atom. The van der Waals surface area contributed by atoms with Gasteiger partial charge in [0.15, 0.2) is 5.82 Å². The zero-order chi connectivity index (χ0) is 20.1. The van der Waals surface area contributed by atoms with Gasteiger partial charge >= 0.3 is 0 Å². The van der Waals surface area contributed by atoms with Gasteiger partial charge < -0.3 is 5.32 Å². The molecule has 0 bridgehead atoms. The van der Waals surface area contributed by atoms with Crippen LogP contribution in [0.25, 0.3) is 11.3 Å². The summed E-state index contributed by atoms with van der Waals surface area (Å²) in [6, 6.07) is 11.7. The lowest BCUT2D eigenvalue weighted by molar-refractivity contribution is -0.115. The van der Waals surface area contributed by atoms with Crippen LogP contribution in [0.5, 0.6) is 0 Å². The van der Waals surface area contributed by atoms with E-state index in [1.54, 1.807) is 24.3 Å². The summed E-state index contributed by atoms with van der Waals surface area (Å²) in [5, 5.41) is 2.76. The third kappa shape index (κ3) is 5.07. The SMILES string of the molecule is C=C(C)Cc1nc(-c2ccc(F)cc2)cnc1NC(=O)Cc1ccc(F)cc1. The summed E-state index contributed by atoms with van der Waals surface area (Å²) in [5.41, 5.74) is 3.42. The van der Waals surface area contributed by atoms with Gasteiger partial charge in [0.05, 0.1) is 24.0 Å². The molecule has 0 aliphatic rings. The van der Waals surface area contributed by atoms with E-state index in [2.05, 4.69) is 21.9 Å². The molecule has 3 aromatic rings. The van der Waals surface area contributed by atoms with E-state index >= 15 is 0 Å². The van der Waals surface area contributed by atoms with Crippen LogP contribution >= 0.6 is 0 Å². The number of nitrogens with zero attached hydrogens (tertiary/aromatic N) is 2. The van der Waals surface area contributed by atoms with E-state index in [-0.39, 0.29) is 24.0 Å². The third-order valence-corrected chi connectivity index (χ3v) is 3.99. The average molecular weight is 379 g/mol. The summed E-state index contributed by atoms with van der Waals surface area (Å²) in [6.07, 6.45) is 2.06. The number of carbonyl (C=O) groups excluding carboxylic acids is 1. The number of rotatable bonds is 6. The topological polar surface area (TPSA) is 54.9 Å². The number of anilines is 1. The Morgan fingerprint density at radius 3 is 2.21 bits per heavy atom. The van der Waals surface area contributed by atoms with Gasteiger partial charge in [-0.25, -0.2) is 18.7 Å². The molecule has 0 saturated heterocycles. The number of aromatic nitrogens is 2. The molecule has 0 fully saturated rings. The van der Waals surface area contributed by atoms with E-state index in [1.807, 2.05) is 6.92 Å². The van der Waals surface area contributed by atoms with E-state index in [1.165, 1.54) is 30.5 Å². The van der Waals surface area contributed by atoms with Crippen molar-refractivity contribution in [3.8, 4) is 11.3 Å². The Kier molecular flexibility index (Phi) is 5.89. The molecule has 0 radical (unpaired) electrons. The van der Waals surface area contributed by atoms with Crippen molar-refractivity contribution < 1.29 is 13.6 Å². The lowest BCUT2D eigenvalue weighted by atomic mass is 10.1. The van der Waals surface area contributed by atoms with Crippen LogP contribution in [0, 0.1) is 11.6 Å². The van der Waals surface area contributed by atoms with Crippen LogP contribution in [0.15, 0.2) is 66.9 Å². The summed E-state index contributed by atoms with van der Waals surface area (Å²) < 4.78 is 26.1. The molecule has 1 N–H and O–H groups in total. The predicted octanol–water partition coefficient (Wildman–Crippen LogP) is 4.72. The molecular formula is C22H19F2N3O. The van der Waals surface area contributed by atoms with Crippen molar-refractivity contribution in [3.63, 3.8) is 0 Å². The molecule has 4 nitrogen and oxygen atoms in total. The average Bonchev–Trinajstić information content (AvgIpc) is 2.65. The Balaban J connectivity index is 1.82. The van der Waals surface area contributed by atoms with Crippen molar-refractivity contribution in [3.05, 3.63) is 89.8 Å². The van der Waals surface area contributed by atoms with Crippen molar-refractivity contribution >= 4 is 11.7 Å². The number of amides is 1. The van der Waals surface area contributed by atoms with Crippen LogP contribution in [0.1, 0.15) is 18.2 Å². The van der Waals surface area contributed by atoms with Crippen LogP contribution in [-0.4, -0.2) is 15.9 Å². The minimum absolute atomic E-state index is 0.0915. The highest BCUT2D eigenvalue weighted by atomic mass is 19.1. The van der Waals surface area contributed by atoms with Crippen LogP contribution in [0.2, 0.25) is 0 Å². The Morgan fingerprint density at radius 2 is 1.61 bits per heavy atom.